The Bertz CT molecular complexity index is 187. The van der Waals surface area contributed by atoms with Crippen LogP contribution in [0.15, 0.2) is 12.2 Å². The Balaban J connectivity index is 3.32. The molecule has 0 fully saturated rings. The summed E-state index contributed by atoms with van der Waals surface area (Å²) in [7, 11) is 0. The SMILES string of the molecule is CCCCCC=CCCC(O)CC(=O)O. The molecule has 0 aromatic carbocycles. The molecule has 0 aromatic heterocycles. The van der Waals surface area contributed by atoms with Crippen LogP contribution >= 0.6 is 0 Å². The van der Waals surface area contributed by atoms with Gasteiger partial charge in [-0.3, -0.25) is 4.79 Å². The Hall–Kier alpha value is -0.830. The number of unbranched alkanes of at least 4 members (excludes halogenated alkanes) is 3. The first-order valence-electron chi connectivity index (χ1n) is 5.71. The molecule has 0 amide bonds. The lowest BCUT2D eigenvalue weighted by molar-refractivity contribution is -0.139. The van der Waals surface area contributed by atoms with Gasteiger partial charge in [0.2, 0.25) is 0 Å². The lowest BCUT2D eigenvalue weighted by Crippen LogP contribution is -2.12. The molecule has 0 aliphatic rings. The quantitative estimate of drug-likeness (QED) is 0.458. The summed E-state index contributed by atoms with van der Waals surface area (Å²) in [5, 5.41) is 17.7. The van der Waals surface area contributed by atoms with Crippen LogP contribution in [0.3, 0.4) is 0 Å². The molecule has 15 heavy (non-hydrogen) atoms. The van der Waals surface area contributed by atoms with Crippen molar-refractivity contribution in [3.63, 3.8) is 0 Å². The number of aliphatic carboxylic acids is 1. The van der Waals surface area contributed by atoms with Crippen LogP contribution in [-0.4, -0.2) is 22.3 Å². The van der Waals surface area contributed by atoms with Crippen molar-refractivity contribution in [2.24, 2.45) is 0 Å². The van der Waals surface area contributed by atoms with Crippen molar-refractivity contribution >= 4 is 5.97 Å². The predicted molar refractivity (Wildman–Crippen MR) is 60.8 cm³/mol. The molecular weight excluding hydrogens is 192 g/mol. The van der Waals surface area contributed by atoms with Crippen molar-refractivity contribution in [1.29, 1.82) is 0 Å². The summed E-state index contributed by atoms with van der Waals surface area (Å²) in [6, 6.07) is 0. The molecule has 0 heterocycles. The van der Waals surface area contributed by atoms with Crippen LogP contribution < -0.4 is 0 Å². The largest absolute Gasteiger partial charge is 0.481 e. The van der Waals surface area contributed by atoms with E-state index in [0.717, 1.165) is 12.8 Å². The summed E-state index contributed by atoms with van der Waals surface area (Å²) in [5.41, 5.74) is 0. The van der Waals surface area contributed by atoms with Crippen LogP contribution in [0, 0.1) is 0 Å². The van der Waals surface area contributed by atoms with Gasteiger partial charge in [0, 0.05) is 0 Å². The summed E-state index contributed by atoms with van der Waals surface area (Å²) in [6.45, 7) is 2.17. The minimum atomic E-state index is -0.936. The Morgan fingerprint density at radius 2 is 1.93 bits per heavy atom. The van der Waals surface area contributed by atoms with Gasteiger partial charge in [-0.1, -0.05) is 31.9 Å². The number of hydrogen-bond donors (Lipinski definition) is 2. The van der Waals surface area contributed by atoms with Gasteiger partial charge in [0.05, 0.1) is 12.5 Å². The maximum Gasteiger partial charge on any atom is 0.305 e. The van der Waals surface area contributed by atoms with Crippen molar-refractivity contribution in [2.75, 3.05) is 0 Å². The zero-order chi connectivity index (χ0) is 11.5. The lowest BCUT2D eigenvalue weighted by atomic mass is 10.1. The Morgan fingerprint density at radius 3 is 2.53 bits per heavy atom. The molecule has 0 saturated heterocycles. The highest BCUT2D eigenvalue weighted by Crippen LogP contribution is 2.04. The molecule has 2 N–H and O–H groups in total. The van der Waals surface area contributed by atoms with Crippen LogP contribution in [0.2, 0.25) is 0 Å². The van der Waals surface area contributed by atoms with Crippen LogP contribution in [0.4, 0.5) is 0 Å². The third kappa shape index (κ3) is 11.1. The molecule has 0 rings (SSSR count). The second-order valence-electron chi connectivity index (χ2n) is 3.80. The van der Waals surface area contributed by atoms with Crippen molar-refractivity contribution in [1.82, 2.24) is 0 Å². The molecule has 1 unspecified atom stereocenters. The van der Waals surface area contributed by atoms with Crippen LogP contribution in [0.5, 0.6) is 0 Å². The summed E-state index contributed by atoms with van der Waals surface area (Å²) >= 11 is 0. The fourth-order valence-electron chi connectivity index (χ4n) is 1.34. The zero-order valence-electron chi connectivity index (χ0n) is 9.48. The molecule has 0 spiro atoms. The fourth-order valence-corrected chi connectivity index (χ4v) is 1.34. The van der Waals surface area contributed by atoms with E-state index in [1.54, 1.807) is 0 Å². The van der Waals surface area contributed by atoms with E-state index < -0.39 is 12.1 Å². The van der Waals surface area contributed by atoms with Gasteiger partial charge in [0.1, 0.15) is 0 Å². The van der Waals surface area contributed by atoms with E-state index in [-0.39, 0.29) is 6.42 Å². The van der Waals surface area contributed by atoms with Gasteiger partial charge in [-0.05, 0) is 25.7 Å². The van der Waals surface area contributed by atoms with Crippen molar-refractivity contribution in [3.05, 3.63) is 12.2 Å². The van der Waals surface area contributed by atoms with Crippen LogP contribution in [0.1, 0.15) is 51.9 Å². The highest BCUT2D eigenvalue weighted by atomic mass is 16.4. The molecule has 3 nitrogen and oxygen atoms in total. The minimum absolute atomic E-state index is 0.149. The molecule has 0 aliphatic heterocycles. The number of rotatable bonds is 9. The van der Waals surface area contributed by atoms with Crippen LogP contribution in [0.25, 0.3) is 0 Å². The van der Waals surface area contributed by atoms with E-state index in [1.807, 2.05) is 6.08 Å². The molecular formula is C12H22O3. The summed E-state index contributed by atoms with van der Waals surface area (Å²) < 4.78 is 0. The molecule has 0 aliphatic carbocycles. The second-order valence-corrected chi connectivity index (χ2v) is 3.80. The highest BCUT2D eigenvalue weighted by Gasteiger charge is 2.07. The highest BCUT2D eigenvalue weighted by molar-refractivity contribution is 5.67. The normalized spacial score (nSPS) is 13.2. The predicted octanol–water partition coefficient (Wildman–Crippen LogP) is 2.74. The van der Waals surface area contributed by atoms with Crippen molar-refractivity contribution in [3.8, 4) is 0 Å². The topological polar surface area (TPSA) is 57.5 Å². The van der Waals surface area contributed by atoms with E-state index in [9.17, 15) is 9.90 Å². The number of carboxylic acid groups (broad SMARTS) is 1. The first-order valence-corrected chi connectivity index (χ1v) is 5.71. The van der Waals surface area contributed by atoms with Crippen molar-refractivity contribution in [2.45, 2.75) is 58.0 Å². The Kier molecular flexibility index (Phi) is 9.18. The minimum Gasteiger partial charge on any atom is -0.481 e. The summed E-state index contributed by atoms with van der Waals surface area (Å²) in [5.74, 6) is -0.936. The standard InChI is InChI=1S/C12H22O3/c1-2-3-4-5-6-7-8-9-11(13)10-12(14)15/h6-7,11,13H,2-5,8-10H2,1H3,(H,14,15). The van der Waals surface area contributed by atoms with Crippen LogP contribution in [-0.2, 0) is 4.79 Å². The molecule has 3 heteroatoms. The third-order valence-electron chi connectivity index (χ3n) is 2.22. The molecule has 0 bridgehead atoms. The van der Waals surface area contributed by atoms with Gasteiger partial charge in [-0.2, -0.15) is 0 Å². The molecule has 0 radical (unpaired) electrons. The van der Waals surface area contributed by atoms with E-state index in [4.69, 9.17) is 5.11 Å². The fraction of sp³-hybridized carbons (Fsp3) is 0.750. The van der Waals surface area contributed by atoms with Gasteiger partial charge in [0.15, 0.2) is 0 Å². The maximum atomic E-state index is 10.2. The average Bonchev–Trinajstić information content (AvgIpc) is 2.15. The zero-order valence-corrected chi connectivity index (χ0v) is 9.48. The van der Waals surface area contributed by atoms with Gasteiger partial charge in [-0.25, -0.2) is 0 Å². The van der Waals surface area contributed by atoms with E-state index >= 15 is 0 Å². The second kappa shape index (κ2) is 9.71. The number of allylic oxidation sites excluding steroid dienone is 2. The Morgan fingerprint density at radius 1 is 1.27 bits per heavy atom. The number of aliphatic hydroxyl groups is 1. The van der Waals surface area contributed by atoms with Gasteiger partial charge in [-0.15, -0.1) is 0 Å². The number of carboxylic acids is 1. The van der Waals surface area contributed by atoms with E-state index in [2.05, 4.69) is 13.0 Å². The third-order valence-corrected chi connectivity index (χ3v) is 2.22. The van der Waals surface area contributed by atoms with Crippen molar-refractivity contribution < 1.29 is 15.0 Å². The van der Waals surface area contributed by atoms with Gasteiger partial charge < -0.3 is 10.2 Å². The maximum absolute atomic E-state index is 10.2. The number of hydrogen-bond acceptors (Lipinski definition) is 2. The molecule has 0 aromatic rings. The summed E-state index contributed by atoms with van der Waals surface area (Å²) in [6.07, 6.45) is 9.37. The lowest BCUT2D eigenvalue weighted by Gasteiger charge is -2.04. The summed E-state index contributed by atoms with van der Waals surface area (Å²) in [4.78, 5) is 10.2. The van der Waals surface area contributed by atoms with Gasteiger partial charge >= 0.3 is 5.97 Å². The first kappa shape index (κ1) is 14.2. The molecule has 1 atom stereocenters. The molecule has 0 saturated carbocycles. The van der Waals surface area contributed by atoms with Gasteiger partial charge in [0.25, 0.3) is 0 Å². The first-order chi connectivity index (χ1) is 7.16. The number of carbonyl (C=O) groups is 1. The monoisotopic (exact) mass is 214 g/mol. The number of aliphatic hydroxyl groups excluding tert-OH is 1. The van der Waals surface area contributed by atoms with E-state index in [0.29, 0.717) is 6.42 Å². The smallest absolute Gasteiger partial charge is 0.305 e. The molecule has 88 valence electrons. The van der Waals surface area contributed by atoms with E-state index in [1.165, 1.54) is 19.3 Å². The average molecular weight is 214 g/mol. The Labute approximate surface area is 91.8 Å².